The van der Waals surface area contributed by atoms with Crippen LogP contribution in [0.25, 0.3) is 0 Å². The Morgan fingerprint density at radius 1 is 1.00 bits per heavy atom. The van der Waals surface area contributed by atoms with Crippen LogP contribution in [-0.4, -0.2) is 69.0 Å². The number of benzene rings is 1. The Hall–Kier alpha value is -1.59. The maximum absolute atomic E-state index is 12.9. The van der Waals surface area contributed by atoms with Crippen molar-refractivity contribution in [3.8, 4) is 0 Å². The van der Waals surface area contributed by atoms with E-state index in [0.29, 0.717) is 26.2 Å². The molecule has 0 spiro atoms. The second-order valence-corrected chi connectivity index (χ2v) is 6.37. The average Bonchev–Trinajstić information content (AvgIpc) is 2.54. The molecule has 1 aliphatic heterocycles. The van der Waals surface area contributed by atoms with Crippen LogP contribution in [0.1, 0.15) is 0 Å². The van der Waals surface area contributed by atoms with Gasteiger partial charge in [-0.15, -0.1) is 0 Å². The van der Waals surface area contributed by atoms with Gasteiger partial charge < -0.3 is 19.6 Å². The molecule has 0 unspecified atom stereocenters. The van der Waals surface area contributed by atoms with Gasteiger partial charge in [0.05, 0.1) is 32.8 Å². The van der Waals surface area contributed by atoms with Gasteiger partial charge in [-0.25, -0.2) is 4.39 Å². The zero-order chi connectivity index (χ0) is 20.2. The molecule has 0 radical (unpaired) electrons. The van der Waals surface area contributed by atoms with Crippen LogP contribution in [0.5, 0.6) is 0 Å². The molecule has 2 N–H and O–H groups in total. The second kappa shape index (κ2) is 8.61. The zero-order valence-electron chi connectivity index (χ0n) is 14.2. The normalized spacial score (nSPS) is 18.2. The summed E-state index contributed by atoms with van der Waals surface area (Å²) in [6, 6.07) is 5.90. The molecular formula is C16H20F7N2O2+. The van der Waals surface area contributed by atoms with E-state index in [1.165, 1.54) is 12.1 Å². The Balaban J connectivity index is 1.78. The van der Waals surface area contributed by atoms with E-state index in [1.807, 2.05) is 4.90 Å². The van der Waals surface area contributed by atoms with Crippen molar-refractivity contribution in [1.29, 1.82) is 0 Å². The van der Waals surface area contributed by atoms with Crippen molar-refractivity contribution in [2.24, 2.45) is 0 Å². The van der Waals surface area contributed by atoms with Crippen LogP contribution in [0.3, 0.4) is 0 Å². The lowest BCUT2D eigenvalue weighted by atomic mass is 10.2. The number of aliphatic hydroxyl groups excluding tert-OH is 1. The molecule has 1 aromatic rings. The Morgan fingerprint density at radius 3 is 2.00 bits per heavy atom. The number of halogens is 7. The van der Waals surface area contributed by atoms with Gasteiger partial charge in [-0.2, -0.15) is 26.3 Å². The highest BCUT2D eigenvalue weighted by Crippen LogP contribution is 2.35. The topological polar surface area (TPSA) is 37.1 Å². The lowest BCUT2D eigenvalue weighted by Gasteiger charge is -2.34. The number of ether oxygens (including phenoxy) is 1. The third-order valence-electron chi connectivity index (χ3n) is 4.24. The van der Waals surface area contributed by atoms with E-state index in [1.54, 1.807) is 12.1 Å². The summed E-state index contributed by atoms with van der Waals surface area (Å²) in [7, 11) is 0. The third-order valence-corrected chi connectivity index (χ3v) is 4.24. The smallest absolute Gasteiger partial charge is 0.385 e. The Bertz CT molecular complexity index is 570. The van der Waals surface area contributed by atoms with E-state index in [0.717, 1.165) is 10.6 Å². The number of hydrogen-bond acceptors (Lipinski definition) is 3. The molecular weight excluding hydrogens is 385 g/mol. The number of aliphatic hydroxyl groups is 1. The lowest BCUT2D eigenvalue weighted by Crippen LogP contribution is -3.16. The van der Waals surface area contributed by atoms with Crippen molar-refractivity contribution < 1.29 is 45.5 Å². The molecule has 1 heterocycles. The molecule has 27 heavy (non-hydrogen) atoms. The Kier molecular flexibility index (Phi) is 6.92. The molecule has 154 valence electrons. The molecule has 0 amide bonds. The minimum atomic E-state index is -5.59. The molecule has 0 bridgehead atoms. The monoisotopic (exact) mass is 405 g/mol. The van der Waals surface area contributed by atoms with Crippen molar-refractivity contribution in [2.45, 2.75) is 24.6 Å². The predicted octanol–water partition coefficient (Wildman–Crippen LogP) is 1.40. The molecule has 2 rings (SSSR count). The number of hydrogen-bond donors (Lipinski definition) is 2. The molecule has 0 aromatic heterocycles. The molecule has 0 aliphatic carbocycles. The SMILES string of the molecule is O[C@H](COC(C(F)(F)F)C(F)(F)F)C[NH+]1CCN(c2ccc(F)cc2)CC1. The predicted molar refractivity (Wildman–Crippen MR) is 82.0 cm³/mol. The van der Waals surface area contributed by atoms with Crippen molar-refractivity contribution >= 4 is 5.69 Å². The van der Waals surface area contributed by atoms with Gasteiger partial charge in [0.15, 0.2) is 0 Å². The van der Waals surface area contributed by atoms with Crippen LogP contribution in [0, 0.1) is 5.82 Å². The van der Waals surface area contributed by atoms with Gasteiger partial charge in [0.2, 0.25) is 6.10 Å². The van der Waals surface area contributed by atoms with E-state index >= 15 is 0 Å². The maximum Gasteiger partial charge on any atom is 0.423 e. The highest BCUT2D eigenvalue weighted by molar-refractivity contribution is 5.46. The molecule has 0 saturated carbocycles. The van der Waals surface area contributed by atoms with Gasteiger partial charge >= 0.3 is 12.4 Å². The molecule has 1 aromatic carbocycles. The van der Waals surface area contributed by atoms with E-state index in [4.69, 9.17) is 0 Å². The van der Waals surface area contributed by atoms with E-state index in [9.17, 15) is 35.8 Å². The van der Waals surface area contributed by atoms with E-state index in [-0.39, 0.29) is 12.4 Å². The first kappa shape index (κ1) is 21.7. The van der Waals surface area contributed by atoms with E-state index in [2.05, 4.69) is 4.74 Å². The summed E-state index contributed by atoms with van der Waals surface area (Å²) >= 11 is 0. The molecule has 11 heteroatoms. The number of rotatable bonds is 6. The van der Waals surface area contributed by atoms with Crippen molar-refractivity contribution in [3.63, 3.8) is 0 Å². The maximum atomic E-state index is 12.9. The summed E-state index contributed by atoms with van der Waals surface area (Å²) in [5, 5.41) is 9.76. The van der Waals surface area contributed by atoms with Gasteiger partial charge in [-0.1, -0.05) is 0 Å². The van der Waals surface area contributed by atoms with Gasteiger partial charge in [-0.3, -0.25) is 0 Å². The summed E-state index contributed by atoms with van der Waals surface area (Å²) in [6.45, 7) is 1.08. The summed E-state index contributed by atoms with van der Waals surface area (Å²) in [5.41, 5.74) is 0.817. The lowest BCUT2D eigenvalue weighted by molar-refractivity contribution is -0.903. The van der Waals surface area contributed by atoms with Crippen molar-refractivity contribution in [3.05, 3.63) is 30.1 Å². The fourth-order valence-corrected chi connectivity index (χ4v) is 2.91. The number of quaternary nitrogens is 1. The summed E-state index contributed by atoms with van der Waals surface area (Å²) in [6.07, 6.45) is -16.5. The van der Waals surface area contributed by atoms with Crippen LogP contribution in [0.2, 0.25) is 0 Å². The fourth-order valence-electron chi connectivity index (χ4n) is 2.91. The number of nitrogens with one attached hydrogen (secondary N) is 1. The van der Waals surface area contributed by atoms with Gasteiger partial charge in [0, 0.05) is 5.69 Å². The minimum absolute atomic E-state index is 0.0281. The van der Waals surface area contributed by atoms with Gasteiger partial charge in [0.25, 0.3) is 0 Å². The molecule has 1 atom stereocenters. The number of anilines is 1. The number of nitrogens with zero attached hydrogens (tertiary/aromatic N) is 1. The van der Waals surface area contributed by atoms with Crippen molar-refractivity contribution in [1.82, 2.24) is 0 Å². The number of piperazine rings is 1. The van der Waals surface area contributed by atoms with Crippen LogP contribution in [-0.2, 0) is 4.74 Å². The fraction of sp³-hybridized carbons (Fsp3) is 0.625. The average molecular weight is 405 g/mol. The van der Waals surface area contributed by atoms with Crippen LogP contribution in [0.4, 0.5) is 36.4 Å². The third kappa shape index (κ3) is 6.51. The standard InChI is InChI=1S/C16H19F7N2O2/c17-11-1-3-12(4-2-11)25-7-5-24(6-8-25)9-13(26)10-27-14(15(18,19)20)16(21,22)23/h1-4,13-14,26H,5-10H2/p+1/t13-/m0/s1. The van der Waals surface area contributed by atoms with Crippen LogP contribution >= 0.6 is 0 Å². The Morgan fingerprint density at radius 2 is 1.52 bits per heavy atom. The first-order valence-electron chi connectivity index (χ1n) is 8.24. The first-order chi connectivity index (χ1) is 12.5. The van der Waals surface area contributed by atoms with Gasteiger partial charge in [-0.05, 0) is 24.3 Å². The quantitative estimate of drug-likeness (QED) is 0.703. The highest BCUT2D eigenvalue weighted by atomic mass is 19.4. The molecule has 1 fully saturated rings. The van der Waals surface area contributed by atoms with E-state index < -0.39 is 31.2 Å². The zero-order valence-corrected chi connectivity index (χ0v) is 14.2. The minimum Gasteiger partial charge on any atom is -0.385 e. The molecule has 1 saturated heterocycles. The summed E-state index contributed by atoms with van der Waals surface area (Å²) in [4.78, 5) is 2.81. The second-order valence-electron chi connectivity index (χ2n) is 6.37. The van der Waals surface area contributed by atoms with Crippen LogP contribution in [0.15, 0.2) is 24.3 Å². The van der Waals surface area contributed by atoms with Gasteiger partial charge in [0.1, 0.15) is 18.5 Å². The Labute approximate surface area is 151 Å². The number of alkyl halides is 6. The first-order valence-corrected chi connectivity index (χ1v) is 8.24. The van der Waals surface area contributed by atoms with Crippen LogP contribution < -0.4 is 9.80 Å². The summed E-state index contributed by atoms with van der Waals surface area (Å²) < 4.78 is 91.2. The summed E-state index contributed by atoms with van der Waals surface area (Å²) in [5.74, 6) is -0.359. The largest absolute Gasteiger partial charge is 0.423 e. The molecule has 4 nitrogen and oxygen atoms in total. The molecule has 1 aliphatic rings. The van der Waals surface area contributed by atoms with Crippen molar-refractivity contribution in [2.75, 3.05) is 44.2 Å². The highest BCUT2D eigenvalue weighted by Gasteiger charge is 2.58.